The van der Waals surface area contributed by atoms with E-state index < -0.39 is 0 Å². The molecule has 3 N–H and O–H groups in total. The van der Waals surface area contributed by atoms with Crippen LogP contribution in [0.15, 0.2) is 36.9 Å². The summed E-state index contributed by atoms with van der Waals surface area (Å²) < 4.78 is 1.76. The number of hydrogen-bond acceptors (Lipinski definition) is 5. The van der Waals surface area contributed by atoms with Crippen molar-refractivity contribution >= 4 is 29.4 Å². The van der Waals surface area contributed by atoms with Crippen LogP contribution in [0.3, 0.4) is 0 Å². The Hall–Kier alpha value is -2.55. The molecule has 9 heteroatoms. The lowest BCUT2D eigenvalue weighted by Crippen LogP contribution is -2.36. The van der Waals surface area contributed by atoms with Gasteiger partial charge in [-0.3, -0.25) is 4.79 Å². The Bertz CT molecular complexity index is 810. The van der Waals surface area contributed by atoms with Crippen molar-refractivity contribution in [3.05, 3.63) is 42.5 Å². The third-order valence-electron chi connectivity index (χ3n) is 5.13. The molecule has 2 aliphatic heterocycles. The summed E-state index contributed by atoms with van der Waals surface area (Å²) in [6.45, 7) is 0.658. The first-order valence-corrected chi connectivity index (χ1v) is 10.6. The van der Waals surface area contributed by atoms with Crippen molar-refractivity contribution in [1.82, 2.24) is 25.4 Å². The van der Waals surface area contributed by atoms with Crippen molar-refractivity contribution in [2.75, 3.05) is 11.1 Å². The van der Waals surface area contributed by atoms with Crippen LogP contribution in [-0.2, 0) is 11.3 Å². The van der Waals surface area contributed by atoms with Crippen molar-refractivity contribution < 1.29 is 9.59 Å². The average molecular weight is 401 g/mol. The van der Waals surface area contributed by atoms with Crippen LogP contribution in [0.2, 0.25) is 0 Å². The Labute approximate surface area is 167 Å². The van der Waals surface area contributed by atoms with E-state index in [0.29, 0.717) is 18.2 Å². The molecule has 1 aromatic heterocycles. The Morgan fingerprint density at radius 2 is 2.11 bits per heavy atom. The Kier molecular flexibility index (Phi) is 5.80. The molecule has 3 atom stereocenters. The van der Waals surface area contributed by atoms with Gasteiger partial charge in [0, 0.05) is 23.1 Å². The smallest absolute Gasteiger partial charge is 0.315 e. The summed E-state index contributed by atoms with van der Waals surface area (Å²) in [5.74, 6) is 1.01. The quantitative estimate of drug-likeness (QED) is 0.465. The molecule has 2 fully saturated rings. The van der Waals surface area contributed by atoms with E-state index in [0.717, 1.165) is 36.3 Å². The molecule has 28 heavy (non-hydrogen) atoms. The number of unbranched alkanes of at least 4 members (excludes halogenated alkanes) is 1. The third-order valence-corrected chi connectivity index (χ3v) is 6.64. The van der Waals surface area contributed by atoms with Gasteiger partial charge < -0.3 is 16.0 Å². The van der Waals surface area contributed by atoms with Crippen molar-refractivity contribution in [3.63, 3.8) is 0 Å². The first kappa shape index (κ1) is 18.8. The van der Waals surface area contributed by atoms with E-state index in [-0.39, 0.29) is 24.0 Å². The summed E-state index contributed by atoms with van der Waals surface area (Å²) in [6.07, 6.45) is 6.57. The average Bonchev–Trinajstić information content (AvgIpc) is 3.39. The Morgan fingerprint density at radius 3 is 2.89 bits per heavy atom. The molecule has 1 aromatic carbocycles. The zero-order chi connectivity index (χ0) is 19.3. The number of fused-ring (bicyclic) bond motifs is 1. The lowest BCUT2D eigenvalue weighted by molar-refractivity contribution is -0.116. The van der Waals surface area contributed by atoms with E-state index in [2.05, 4.69) is 26.0 Å². The van der Waals surface area contributed by atoms with Gasteiger partial charge in [0.2, 0.25) is 5.91 Å². The monoisotopic (exact) mass is 400 g/mol. The molecule has 0 spiro atoms. The van der Waals surface area contributed by atoms with Crippen molar-refractivity contribution in [1.29, 1.82) is 0 Å². The predicted molar refractivity (Wildman–Crippen MR) is 108 cm³/mol. The minimum absolute atomic E-state index is 0.0387. The van der Waals surface area contributed by atoms with Crippen LogP contribution < -0.4 is 16.0 Å². The topological polar surface area (TPSA) is 101 Å². The maximum absolute atomic E-state index is 12.2. The number of amides is 3. The van der Waals surface area contributed by atoms with Crippen molar-refractivity contribution in [2.45, 2.75) is 49.6 Å². The molecular weight excluding hydrogens is 376 g/mol. The number of rotatable bonds is 8. The molecule has 0 bridgehead atoms. The summed E-state index contributed by atoms with van der Waals surface area (Å²) in [4.78, 5) is 27.5. The molecule has 3 amide bonds. The lowest BCUT2D eigenvalue weighted by Gasteiger charge is -2.16. The number of nitrogens with one attached hydrogen (secondary N) is 3. The molecular formula is C19H24N6O2S. The normalized spacial score (nSPS) is 23.1. The second-order valence-corrected chi connectivity index (χ2v) is 8.48. The van der Waals surface area contributed by atoms with E-state index in [1.165, 1.54) is 6.33 Å². The molecule has 2 aliphatic rings. The largest absolute Gasteiger partial charge is 0.332 e. The van der Waals surface area contributed by atoms with E-state index >= 15 is 0 Å². The number of nitrogens with zero attached hydrogens (tertiary/aromatic N) is 3. The number of thioether (sulfide) groups is 1. The number of carbonyl (C=O) groups excluding carboxylic acids is 2. The summed E-state index contributed by atoms with van der Waals surface area (Å²) in [5.41, 5.74) is 1.91. The number of anilines is 1. The van der Waals surface area contributed by atoms with Gasteiger partial charge in [0.25, 0.3) is 0 Å². The summed E-state index contributed by atoms with van der Waals surface area (Å²) >= 11 is 1.91. The third kappa shape index (κ3) is 4.64. The number of aromatic nitrogens is 3. The zero-order valence-electron chi connectivity index (χ0n) is 15.5. The molecule has 2 saturated heterocycles. The molecule has 4 rings (SSSR count). The van der Waals surface area contributed by atoms with Gasteiger partial charge in [-0.2, -0.15) is 16.9 Å². The summed E-state index contributed by atoms with van der Waals surface area (Å²) in [5, 5.41) is 13.4. The standard InChI is InChI=1S/C19H24N6O2S/c26-17(4-2-1-3-16-18-15(10-28-16)23-19(27)24-18)22-14-7-5-13(6-8-14)9-25-12-20-11-21-25/h5-8,11-12,15-16,18H,1-4,9-10H2,(H,22,26)(H2,23,24,27)/t15-,16+,18+/m0/s1. The minimum atomic E-state index is -0.0491. The van der Waals surface area contributed by atoms with Crippen LogP contribution in [0.5, 0.6) is 0 Å². The molecule has 8 nitrogen and oxygen atoms in total. The van der Waals surface area contributed by atoms with Gasteiger partial charge in [-0.1, -0.05) is 18.6 Å². The highest BCUT2D eigenvalue weighted by Gasteiger charge is 2.42. The number of benzene rings is 1. The zero-order valence-corrected chi connectivity index (χ0v) is 16.3. The van der Waals surface area contributed by atoms with Crippen LogP contribution in [0.4, 0.5) is 10.5 Å². The minimum Gasteiger partial charge on any atom is -0.332 e. The molecule has 2 aromatic rings. The highest BCUT2D eigenvalue weighted by molar-refractivity contribution is 8.00. The van der Waals surface area contributed by atoms with E-state index in [1.807, 2.05) is 36.0 Å². The first-order valence-electron chi connectivity index (χ1n) is 9.57. The second-order valence-electron chi connectivity index (χ2n) is 7.21. The molecule has 3 heterocycles. The van der Waals surface area contributed by atoms with E-state index in [1.54, 1.807) is 11.0 Å². The van der Waals surface area contributed by atoms with Gasteiger partial charge in [-0.05, 0) is 30.5 Å². The van der Waals surface area contributed by atoms with Crippen LogP contribution in [-0.4, -0.2) is 49.8 Å². The van der Waals surface area contributed by atoms with Gasteiger partial charge in [0.15, 0.2) is 0 Å². The van der Waals surface area contributed by atoms with Gasteiger partial charge >= 0.3 is 6.03 Å². The van der Waals surface area contributed by atoms with Crippen LogP contribution in [0.25, 0.3) is 0 Å². The molecule has 0 unspecified atom stereocenters. The maximum atomic E-state index is 12.2. The van der Waals surface area contributed by atoms with Crippen LogP contribution >= 0.6 is 11.8 Å². The van der Waals surface area contributed by atoms with Crippen molar-refractivity contribution in [3.8, 4) is 0 Å². The fourth-order valence-electron chi connectivity index (χ4n) is 3.69. The Morgan fingerprint density at radius 1 is 1.25 bits per heavy atom. The van der Waals surface area contributed by atoms with E-state index in [9.17, 15) is 9.59 Å². The number of carbonyl (C=O) groups is 2. The number of urea groups is 1. The highest BCUT2D eigenvalue weighted by atomic mass is 32.2. The van der Waals surface area contributed by atoms with Gasteiger partial charge in [-0.25, -0.2) is 14.5 Å². The van der Waals surface area contributed by atoms with Gasteiger partial charge in [-0.15, -0.1) is 0 Å². The van der Waals surface area contributed by atoms with Gasteiger partial charge in [0.1, 0.15) is 12.7 Å². The fourth-order valence-corrected chi connectivity index (χ4v) is 5.24. The first-order chi connectivity index (χ1) is 13.7. The SMILES string of the molecule is O=C(CCCC[C@H]1SC[C@@H]2NC(=O)N[C@H]21)Nc1ccc(Cn2cncn2)cc1. The molecule has 0 saturated carbocycles. The maximum Gasteiger partial charge on any atom is 0.315 e. The summed E-state index contributed by atoms with van der Waals surface area (Å²) in [6, 6.07) is 8.24. The fraction of sp³-hybridized carbons (Fsp3) is 0.474. The highest BCUT2D eigenvalue weighted by Crippen LogP contribution is 2.33. The second kappa shape index (κ2) is 8.64. The van der Waals surface area contributed by atoms with E-state index in [4.69, 9.17) is 0 Å². The number of hydrogen-bond donors (Lipinski definition) is 3. The molecule has 0 radical (unpaired) electrons. The molecule has 0 aliphatic carbocycles. The lowest BCUT2D eigenvalue weighted by atomic mass is 10.0. The Balaban J connectivity index is 1.15. The van der Waals surface area contributed by atoms with Gasteiger partial charge in [0.05, 0.1) is 18.6 Å². The van der Waals surface area contributed by atoms with Crippen LogP contribution in [0.1, 0.15) is 31.2 Å². The molecule has 148 valence electrons. The van der Waals surface area contributed by atoms with Crippen LogP contribution in [0, 0.1) is 0 Å². The predicted octanol–water partition coefficient (Wildman–Crippen LogP) is 1.99. The van der Waals surface area contributed by atoms with Crippen molar-refractivity contribution in [2.24, 2.45) is 0 Å². The summed E-state index contributed by atoms with van der Waals surface area (Å²) in [7, 11) is 0.